The maximum Gasteiger partial charge on any atom is 0.346 e. The van der Waals surface area contributed by atoms with Crippen molar-refractivity contribution < 1.29 is 0 Å². The number of rotatable bonds is 7. The fraction of sp³-hybridized carbons (Fsp3) is 0.286. The van der Waals surface area contributed by atoms with Crippen LogP contribution in [-0.4, -0.2) is 35.0 Å². The summed E-state index contributed by atoms with van der Waals surface area (Å²) in [5, 5.41) is 18.7. The molecule has 0 saturated carbocycles. The van der Waals surface area contributed by atoms with Crippen LogP contribution in [0.3, 0.4) is 0 Å². The number of nitrogens with zero attached hydrogens (tertiary/aromatic N) is 6. The Morgan fingerprint density at radius 3 is 2.41 bits per heavy atom. The van der Waals surface area contributed by atoms with Gasteiger partial charge in [0.2, 0.25) is 0 Å². The first-order valence-electron chi connectivity index (χ1n) is 9.80. The zero-order valence-electron chi connectivity index (χ0n) is 16.5. The molecule has 4 rings (SSSR count). The van der Waals surface area contributed by atoms with E-state index in [2.05, 4.69) is 56.9 Å². The Morgan fingerprint density at radius 1 is 1.00 bits per heavy atom. The van der Waals surface area contributed by atoms with Gasteiger partial charge in [0.1, 0.15) is 5.82 Å². The Balaban J connectivity index is 1.64. The van der Waals surface area contributed by atoms with Crippen molar-refractivity contribution in [3.63, 3.8) is 0 Å². The van der Waals surface area contributed by atoms with Crippen molar-refractivity contribution in [1.82, 2.24) is 35.0 Å². The van der Waals surface area contributed by atoms with Gasteiger partial charge in [0.15, 0.2) is 5.82 Å². The zero-order chi connectivity index (χ0) is 20.2. The Bertz CT molecular complexity index is 1140. The van der Waals surface area contributed by atoms with Gasteiger partial charge in [-0.05, 0) is 40.5 Å². The van der Waals surface area contributed by atoms with Crippen LogP contribution in [0.1, 0.15) is 31.7 Å². The number of H-pyrrole nitrogens is 1. The molecule has 29 heavy (non-hydrogen) atoms. The Morgan fingerprint density at radius 2 is 1.76 bits per heavy atom. The average Bonchev–Trinajstić information content (AvgIpc) is 3.39. The lowest BCUT2D eigenvalue weighted by molar-refractivity contribution is 0.615. The molecule has 0 aliphatic heterocycles. The maximum atomic E-state index is 12.6. The van der Waals surface area contributed by atoms with Gasteiger partial charge in [-0.25, -0.2) is 14.6 Å². The van der Waals surface area contributed by atoms with Gasteiger partial charge < -0.3 is 0 Å². The molecule has 0 aliphatic carbocycles. The molecule has 0 bridgehead atoms. The molecular formula is C21H23N7O. The molecule has 0 fully saturated rings. The summed E-state index contributed by atoms with van der Waals surface area (Å²) in [5.74, 6) is 1.47. The quantitative estimate of drug-likeness (QED) is 0.524. The van der Waals surface area contributed by atoms with Crippen LogP contribution in [0.4, 0.5) is 0 Å². The Hall–Kier alpha value is -3.55. The lowest BCUT2D eigenvalue weighted by Crippen LogP contribution is -2.25. The van der Waals surface area contributed by atoms with Crippen LogP contribution in [0.5, 0.6) is 0 Å². The summed E-state index contributed by atoms with van der Waals surface area (Å²) >= 11 is 0. The second-order valence-corrected chi connectivity index (χ2v) is 6.84. The molecule has 0 amide bonds. The number of aromatic nitrogens is 7. The van der Waals surface area contributed by atoms with E-state index in [0.717, 1.165) is 40.9 Å². The van der Waals surface area contributed by atoms with Gasteiger partial charge in [0, 0.05) is 18.5 Å². The molecule has 0 radical (unpaired) electrons. The molecule has 1 N–H and O–H groups in total. The first-order chi connectivity index (χ1) is 14.2. The highest BCUT2D eigenvalue weighted by Crippen LogP contribution is 2.29. The average molecular weight is 389 g/mol. The number of hydrogen-bond donors (Lipinski definition) is 1. The summed E-state index contributed by atoms with van der Waals surface area (Å²) in [6, 6.07) is 16.2. The maximum absolute atomic E-state index is 12.6. The molecule has 8 heteroatoms. The summed E-state index contributed by atoms with van der Waals surface area (Å²) in [6.45, 7) is 5.12. The number of tetrazole rings is 1. The van der Waals surface area contributed by atoms with Crippen molar-refractivity contribution in [2.75, 3.05) is 0 Å². The highest BCUT2D eigenvalue weighted by atomic mass is 16.2. The van der Waals surface area contributed by atoms with E-state index in [4.69, 9.17) is 0 Å². The monoisotopic (exact) mass is 389 g/mol. The summed E-state index contributed by atoms with van der Waals surface area (Å²) < 4.78 is 3.30. The van der Waals surface area contributed by atoms with E-state index in [9.17, 15) is 4.79 Å². The molecule has 2 aromatic heterocycles. The van der Waals surface area contributed by atoms with E-state index < -0.39 is 0 Å². The predicted octanol–water partition coefficient (Wildman–Crippen LogP) is 2.91. The topological polar surface area (TPSA) is 94.3 Å². The van der Waals surface area contributed by atoms with Gasteiger partial charge in [0.05, 0.1) is 6.54 Å². The molecule has 148 valence electrons. The second kappa shape index (κ2) is 8.22. The highest BCUT2D eigenvalue weighted by molar-refractivity contribution is 5.80. The van der Waals surface area contributed by atoms with E-state index in [1.165, 1.54) is 4.68 Å². The number of hydrogen-bond acceptors (Lipinski definition) is 5. The van der Waals surface area contributed by atoms with Gasteiger partial charge in [-0.1, -0.05) is 55.5 Å². The molecular weight excluding hydrogens is 366 g/mol. The lowest BCUT2D eigenvalue weighted by atomic mass is 9.98. The molecule has 2 heterocycles. The molecule has 0 atom stereocenters. The van der Waals surface area contributed by atoms with Crippen LogP contribution in [0.2, 0.25) is 0 Å². The van der Waals surface area contributed by atoms with E-state index in [0.29, 0.717) is 18.9 Å². The molecule has 0 unspecified atom stereocenters. The third-order valence-corrected chi connectivity index (χ3v) is 4.91. The van der Waals surface area contributed by atoms with Crippen molar-refractivity contribution in [1.29, 1.82) is 0 Å². The fourth-order valence-electron chi connectivity index (χ4n) is 3.45. The molecule has 4 aromatic rings. The number of aryl methyl sites for hydroxylation is 2. The smallest absolute Gasteiger partial charge is 0.274 e. The number of nitrogens with one attached hydrogen (secondary N) is 1. The van der Waals surface area contributed by atoms with Gasteiger partial charge in [-0.15, -0.1) is 5.10 Å². The summed E-state index contributed by atoms with van der Waals surface area (Å²) in [6.07, 6.45) is 1.74. The zero-order valence-corrected chi connectivity index (χ0v) is 16.5. The van der Waals surface area contributed by atoms with Crippen molar-refractivity contribution in [3.8, 4) is 22.5 Å². The van der Waals surface area contributed by atoms with E-state index >= 15 is 0 Å². The minimum atomic E-state index is -0.0526. The van der Waals surface area contributed by atoms with Crippen LogP contribution < -0.4 is 5.69 Å². The third-order valence-electron chi connectivity index (χ3n) is 4.91. The third kappa shape index (κ3) is 3.73. The fourth-order valence-corrected chi connectivity index (χ4v) is 3.45. The van der Waals surface area contributed by atoms with Gasteiger partial charge in [-0.3, -0.25) is 4.57 Å². The van der Waals surface area contributed by atoms with Gasteiger partial charge >= 0.3 is 5.69 Å². The van der Waals surface area contributed by atoms with Crippen molar-refractivity contribution in [2.45, 2.75) is 39.8 Å². The molecule has 8 nitrogen and oxygen atoms in total. The van der Waals surface area contributed by atoms with Crippen LogP contribution in [0.25, 0.3) is 22.5 Å². The van der Waals surface area contributed by atoms with Crippen LogP contribution in [0.15, 0.2) is 53.3 Å². The minimum absolute atomic E-state index is 0.0526. The predicted molar refractivity (Wildman–Crippen MR) is 110 cm³/mol. The second-order valence-electron chi connectivity index (χ2n) is 6.84. The van der Waals surface area contributed by atoms with E-state index in [1.807, 2.05) is 31.2 Å². The molecule has 0 spiro atoms. The first kappa shape index (κ1) is 18.8. The summed E-state index contributed by atoms with van der Waals surface area (Å²) in [4.78, 5) is 12.6. The minimum Gasteiger partial charge on any atom is -0.274 e. The van der Waals surface area contributed by atoms with Gasteiger partial charge in [-0.2, -0.15) is 5.10 Å². The molecule has 2 aromatic carbocycles. The van der Waals surface area contributed by atoms with Crippen molar-refractivity contribution in [2.24, 2.45) is 0 Å². The lowest BCUT2D eigenvalue weighted by Gasteiger charge is -2.09. The number of aromatic amines is 1. The Labute approximate surface area is 168 Å². The Kier molecular flexibility index (Phi) is 5.33. The van der Waals surface area contributed by atoms with E-state index in [1.54, 1.807) is 4.57 Å². The summed E-state index contributed by atoms with van der Waals surface area (Å²) in [7, 11) is 0. The first-order valence-corrected chi connectivity index (χ1v) is 9.80. The highest BCUT2D eigenvalue weighted by Gasteiger charge is 2.13. The SMILES string of the molecule is CCCc1nn(CC)c(=O)n1Cc1ccc(-c2ccccc2-c2nnn[nH]2)cc1. The van der Waals surface area contributed by atoms with E-state index in [-0.39, 0.29) is 5.69 Å². The normalized spacial score (nSPS) is 11.1. The van der Waals surface area contributed by atoms with Gasteiger partial charge in [0.25, 0.3) is 0 Å². The van der Waals surface area contributed by atoms with Crippen molar-refractivity contribution in [3.05, 3.63) is 70.4 Å². The van der Waals surface area contributed by atoms with Crippen LogP contribution in [0, 0.1) is 0 Å². The standard InChI is InChI=1S/C21H23N7O/c1-3-7-19-24-28(4-2)21(29)27(19)14-15-10-12-16(13-11-15)17-8-5-6-9-18(17)20-22-25-26-23-20/h5-6,8-13H,3-4,7,14H2,1-2H3,(H,22,23,25,26). The largest absolute Gasteiger partial charge is 0.346 e. The van der Waals surface area contributed by atoms with Crippen LogP contribution >= 0.6 is 0 Å². The van der Waals surface area contributed by atoms with Crippen molar-refractivity contribution >= 4 is 0 Å². The summed E-state index contributed by atoms with van der Waals surface area (Å²) in [5.41, 5.74) is 4.05. The van der Waals surface area contributed by atoms with Crippen LogP contribution in [-0.2, 0) is 19.5 Å². The molecule has 0 aliphatic rings. The number of benzene rings is 2. The molecule has 0 saturated heterocycles.